The van der Waals surface area contributed by atoms with Crippen molar-refractivity contribution in [2.24, 2.45) is 5.73 Å². The molecule has 0 aromatic heterocycles. The van der Waals surface area contributed by atoms with E-state index in [-0.39, 0.29) is 11.4 Å². The summed E-state index contributed by atoms with van der Waals surface area (Å²) in [5.41, 5.74) is 4.56. The molecule has 11 heteroatoms. The fourth-order valence-corrected chi connectivity index (χ4v) is 3.98. The Morgan fingerprint density at radius 1 is 1.19 bits per heavy atom. The van der Waals surface area contributed by atoms with Gasteiger partial charge in [-0.05, 0) is 18.2 Å². The third-order valence-corrected chi connectivity index (χ3v) is 5.39. The Kier molecular flexibility index (Phi) is 5.85. The second-order valence-corrected chi connectivity index (χ2v) is 7.07. The molecule has 0 saturated carbocycles. The first kappa shape index (κ1) is 20.0. The predicted octanol–water partition coefficient (Wildman–Crippen LogP) is 1.29. The molecule has 0 fully saturated rings. The molecule has 0 bridgehead atoms. The van der Waals surface area contributed by atoms with Crippen LogP contribution in [-0.2, 0) is 14.8 Å². The Morgan fingerprint density at radius 2 is 1.85 bits per heavy atom. The van der Waals surface area contributed by atoms with E-state index in [1.807, 2.05) is 0 Å². The number of ether oxygens (including phenoxy) is 2. The number of sulfonamides is 1. The van der Waals surface area contributed by atoms with Gasteiger partial charge >= 0.3 is 0 Å². The molecule has 0 atom stereocenters. The second-order valence-electron chi connectivity index (χ2n) is 5.24. The van der Waals surface area contributed by atoms with Crippen LogP contribution in [-0.4, -0.2) is 40.0 Å². The number of hydrogen-bond acceptors (Lipinski definition) is 7. The summed E-state index contributed by atoms with van der Waals surface area (Å²) in [4.78, 5) is 21.4. The molecule has 0 radical (unpaired) electrons. The number of nitro groups is 1. The van der Waals surface area contributed by atoms with Crippen LogP contribution in [0.3, 0.4) is 0 Å². The molecular formula is C16H17N3O7S. The third kappa shape index (κ3) is 4.08. The number of benzene rings is 2. The summed E-state index contributed by atoms with van der Waals surface area (Å²) < 4.78 is 37.2. The standard InChI is InChI=1S/C16H17N3O7S/c1-25-11-7-8-12(14(9-11)26-2)18(10-16(17)20)27(23,24)15-6-4-3-5-13(15)19(21)22/h3-9H,10H2,1-2H3,(H2,17,20). The zero-order valence-electron chi connectivity index (χ0n) is 14.5. The van der Waals surface area contributed by atoms with Crippen molar-refractivity contribution in [1.29, 1.82) is 0 Å². The maximum atomic E-state index is 13.1. The molecule has 0 aliphatic rings. The van der Waals surface area contributed by atoms with Crippen LogP contribution in [0.15, 0.2) is 47.4 Å². The van der Waals surface area contributed by atoms with Crippen LogP contribution in [0.2, 0.25) is 0 Å². The molecule has 144 valence electrons. The highest BCUT2D eigenvalue weighted by Crippen LogP contribution is 2.37. The zero-order chi connectivity index (χ0) is 20.2. The third-order valence-electron chi connectivity index (χ3n) is 3.59. The van der Waals surface area contributed by atoms with Gasteiger partial charge in [0.1, 0.15) is 18.0 Å². The Bertz CT molecular complexity index is 976. The molecule has 2 rings (SSSR count). The van der Waals surface area contributed by atoms with Crippen LogP contribution >= 0.6 is 0 Å². The lowest BCUT2D eigenvalue weighted by molar-refractivity contribution is -0.387. The highest BCUT2D eigenvalue weighted by molar-refractivity contribution is 7.93. The summed E-state index contributed by atoms with van der Waals surface area (Å²) in [6, 6.07) is 9.04. The number of methoxy groups -OCH3 is 2. The summed E-state index contributed by atoms with van der Waals surface area (Å²) in [6.07, 6.45) is 0. The number of amides is 1. The van der Waals surface area contributed by atoms with Gasteiger partial charge in [-0.25, -0.2) is 8.42 Å². The van der Waals surface area contributed by atoms with Gasteiger partial charge in [0.2, 0.25) is 5.91 Å². The van der Waals surface area contributed by atoms with Crippen LogP contribution in [0.1, 0.15) is 0 Å². The van der Waals surface area contributed by atoms with E-state index in [2.05, 4.69) is 0 Å². The average molecular weight is 395 g/mol. The van der Waals surface area contributed by atoms with Gasteiger partial charge in [0.25, 0.3) is 15.7 Å². The lowest BCUT2D eigenvalue weighted by Crippen LogP contribution is -2.39. The number of carbonyl (C=O) groups excluding carboxylic acids is 1. The van der Waals surface area contributed by atoms with E-state index in [0.717, 1.165) is 12.1 Å². The van der Waals surface area contributed by atoms with Crippen molar-refractivity contribution in [3.05, 3.63) is 52.6 Å². The average Bonchev–Trinajstić information content (AvgIpc) is 2.65. The second kappa shape index (κ2) is 7.91. The van der Waals surface area contributed by atoms with Crippen molar-refractivity contribution in [1.82, 2.24) is 0 Å². The molecule has 2 aromatic rings. The Labute approximate surface area is 155 Å². The van der Waals surface area contributed by atoms with E-state index < -0.39 is 38.0 Å². The fraction of sp³-hybridized carbons (Fsp3) is 0.188. The SMILES string of the molecule is COc1ccc(N(CC(N)=O)S(=O)(=O)c2ccccc2[N+](=O)[O-])c(OC)c1. The number of nitrogens with two attached hydrogens (primary N) is 1. The first-order chi connectivity index (χ1) is 12.7. The molecule has 1 amide bonds. The number of carbonyl (C=O) groups is 1. The number of hydrogen-bond donors (Lipinski definition) is 1. The molecule has 27 heavy (non-hydrogen) atoms. The topological polar surface area (TPSA) is 142 Å². The van der Waals surface area contributed by atoms with Crippen molar-refractivity contribution < 1.29 is 27.6 Å². The summed E-state index contributed by atoms with van der Waals surface area (Å²) >= 11 is 0. The van der Waals surface area contributed by atoms with E-state index in [0.29, 0.717) is 10.1 Å². The highest BCUT2D eigenvalue weighted by atomic mass is 32.2. The van der Waals surface area contributed by atoms with E-state index in [1.54, 1.807) is 0 Å². The summed E-state index contributed by atoms with van der Waals surface area (Å²) in [5.74, 6) is -0.481. The van der Waals surface area contributed by atoms with E-state index >= 15 is 0 Å². The number of anilines is 1. The molecule has 2 N–H and O–H groups in total. The normalized spacial score (nSPS) is 10.9. The molecule has 0 spiro atoms. The maximum absolute atomic E-state index is 13.1. The van der Waals surface area contributed by atoms with Gasteiger partial charge in [0, 0.05) is 12.1 Å². The largest absolute Gasteiger partial charge is 0.497 e. The van der Waals surface area contributed by atoms with Gasteiger partial charge in [-0.2, -0.15) is 0 Å². The fourth-order valence-electron chi connectivity index (χ4n) is 2.38. The smallest absolute Gasteiger partial charge is 0.289 e. The van der Waals surface area contributed by atoms with E-state index in [9.17, 15) is 23.3 Å². The number of nitro benzene ring substituents is 1. The Morgan fingerprint density at radius 3 is 2.41 bits per heavy atom. The quantitative estimate of drug-likeness (QED) is 0.524. The van der Waals surface area contributed by atoms with Gasteiger partial charge in [-0.15, -0.1) is 0 Å². The number of para-hydroxylation sites is 1. The van der Waals surface area contributed by atoms with Crippen LogP contribution in [0, 0.1) is 10.1 Å². The van der Waals surface area contributed by atoms with Crippen molar-refractivity contribution in [2.75, 3.05) is 25.1 Å². The Hall–Kier alpha value is -3.34. The van der Waals surface area contributed by atoms with Gasteiger partial charge in [-0.1, -0.05) is 12.1 Å². The number of rotatable bonds is 8. The summed E-state index contributed by atoms with van der Waals surface area (Å²) in [5, 5.41) is 11.2. The lowest BCUT2D eigenvalue weighted by Gasteiger charge is -2.25. The number of nitrogens with zero attached hydrogens (tertiary/aromatic N) is 2. The van der Waals surface area contributed by atoms with Crippen molar-refractivity contribution in [2.45, 2.75) is 4.90 Å². The molecule has 10 nitrogen and oxygen atoms in total. The predicted molar refractivity (Wildman–Crippen MR) is 96.4 cm³/mol. The monoisotopic (exact) mass is 395 g/mol. The van der Waals surface area contributed by atoms with Gasteiger partial charge < -0.3 is 15.2 Å². The van der Waals surface area contributed by atoms with Gasteiger partial charge in [0.05, 0.1) is 24.8 Å². The molecule has 2 aromatic carbocycles. The van der Waals surface area contributed by atoms with Crippen LogP contribution in [0.5, 0.6) is 11.5 Å². The van der Waals surface area contributed by atoms with Crippen molar-refractivity contribution >= 4 is 27.3 Å². The molecule has 0 heterocycles. The molecule has 0 saturated heterocycles. The first-order valence-corrected chi connectivity index (χ1v) is 8.93. The first-order valence-electron chi connectivity index (χ1n) is 7.49. The van der Waals surface area contributed by atoms with Crippen LogP contribution < -0.4 is 19.5 Å². The van der Waals surface area contributed by atoms with Gasteiger partial charge in [-0.3, -0.25) is 19.2 Å². The van der Waals surface area contributed by atoms with Crippen molar-refractivity contribution in [3.63, 3.8) is 0 Å². The Balaban J connectivity index is 2.71. The van der Waals surface area contributed by atoms with E-state index in [1.165, 1.54) is 44.6 Å². The summed E-state index contributed by atoms with van der Waals surface area (Å²) in [6.45, 7) is -0.739. The minimum atomic E-state index is -4.51. The molecule has 0 unspecified atom stereocenters. The zero-order valence-corrected chi connectivity index (χ0v) is 15.3. The lowest BCUT2D eigenvalue weighted by atomic mass is 10.2. The molecular weight excluding hydrogens is 378 g/mol. The van der Waals surface area contributed by atoms with Crippen LogP contribution in [0.4, 0.5) is 11.4 Å². The van der Waals surface area contributed by atoms with Crippen molar-refractivity contribution in [3.8, 4) is 11.5 Å². The minimum Gasteiger partial charge on any atom is -0.497 e. The summed E-state index contributed by atoms with van der Waals surface area (Å²) in [7, 11) is -1.79. The highest BCUT2D eigenvalue weighted by Gasteiger charge is 2.34. The van der Waals surface area contributed by atoms with E-state index in [4.69, 9.17) is 15.2 Å². The van der Waals surface area contributed by atoms with Gasteiger partial charge in [0.15, 0.2) is 4.90 Å². The maximum Gasteiger partial charge on any atom is 0.289 e. The van der Waals surface area contributed by atoms with Crippen LogP contribution in [0.25, 0.3) is 0 Å². The number of primary amides is 1. The minimum absolute atomic E-state index is 0.0183. The molecule has 0 aliphatic heterocycles. The molecule has 0 aliphatic carbocycles.